The highest BCUT2D eigenvalue weighted by Crippen LogP contribution is 2.41. The zero-order valence-corrected chi connectivity index (χ0v) is 9.62. The van der Waals surface area contributed by atoms with Crippen LogP contribution in [0.2, 0.25) is 0 Å². The van der Waals surface area contributed by atoms with Crippen LogP contribution >= 0.6 is 0 Å². The molecule has 4 heteroatoms. The molecule has 0 amide bonds. The van der Waals surface area contributed by atoms with Gasteiger partial charge in [-0.05, 0) is 20.8 Å². The molecule has 86 valence electrons. The van der Waals surface area contributed by atoms with E-state index >= 15 is 0 Å². The Balaban J connectivity index is 4.61. The predicted molar refractivity (Wildman–Crippen MR) is 50.1 cm³/mol. The lowest BCUT2D eigenvalue weighted by Crippen LogP contribution is -2.46. The van der Waals surface area contributed by atoms with Crippen LogP contribution < -0.4 is 0 Å². The van der Waals surface area contributed by atoms with Gasteiger partial charge in [0.05, 0.1) is 5.60 Å². The molecule has 0 heterocycles. The van der Waals surface area contributed by atoms with Gasteiger partial charge in [-0.3, -0.25) is 0 Å². The summed E-state index contributed by atoms with van der Waals surface area (Å²) in [5, 5.41) is 0. The first-order chi connectivity index (χ1) is 5.88. The molecule has 1 atom stereocenters. The minimum Gasteiger partial charge on any atom is -0.338 e. The highest BCUT2D eigenvalue weighted by Gasteiger charge is 2.52. The Morgan fingerprint density at radius 1 is 0.929 bits per heavy atom. The lowest BCUT2D eigenvalue weighted by molar-refractivity contribution is -0.268. The number of rotatable bonds is 2. The first-order valence-corrected chi connectivity index (χ1v) is 4.57. The van der Waals surface area contributed by atoms with Crippen LogP contribution in [0.5, 0.6) is 0 Å². The largest absolute Gasteiger partial charge is 0.338 e. The zero-order chi connectivity index (χ0) is 11.8. The van der Waals surface area contributed by atoms with Crippen LogP contribution in [0.25, 0.3) is 0 Å². The topological polar surface area (TPSA) is 9.23 Å². The van der Waals surface area contributed by atoms with Gasteiger partial charge < -0.3 is 4.74 Å². The summed E-state index contributed by atoms with van der Waals surface area (Å²) in [7, 11) is 0. The number of halogens is 3. The van der Waals surface area contributed by atoms with Crippen molar-refractivity contribution in [2.75, 3.05) is 0 Å². The SMILES string of the molecule is CC(C)(C)OC(F)C(F)(F)C(C)(C)C. The maximum atomic E-state index is 13.4. The van der Waals surface area contributed by atoms with E-state index < -0.39 is 23.3 Å². The number of hydrogen-bond donors (Lipinski definition) is 0. The third kappa shape index (κ3) is 3.48. The van der Waals surface area contributed by atoms with Gasteiger partial charge in [-0.25, -0.2) is 13.2 Å². The Morgan fingerprint density at radius 3 is 1.50 bits per heavy atom. The summed E-state index contributed by atoms with van der Waals surface area (Å²) in [5.41, 5.74) is -2.36. The molecule has 0 saturated heterocycles. The van der Waals surface area contributed by atoms with Crippen molar-refractivity contribution in [3.05, 3.63) is 0 Å². The lowest BCUT2D eigenvalue weighted by atomic mass is 9.88. The van der Waals surface area contributed by atoms with Gasteiger partial charge in [0.25, 0.3) is 6.36 Å². The lowest BCUT2D eigenvalue weighted by Gasteiger charge is -2.35. The molecule has 14 heavy (non-hydrogen) atoms. The van der Waals surface area contributed by atoms with Crippen molar-refractivity contribution in [3.63, 3.8) is 0 Å². The van der Waals surface area contributed by atoms with Crippen LogP contribution in [0.15, 0.2) is 0 Å². The molecule has 1 nitrogen and oxygen atoms in total. The van der Waals surface area contributed by atoms with Gasteiger partial charge in [-0.2, -0.15) is 0 Å². The van der Waals surface area contributed by atoms with E-state index in [4.69, 9.17) is 0 Å². The van der Waals surface area contributed by atoms with Gasteiger partial charge >= 0.3 is 5.92 Å². The molecule has 0 aliphatic carbocycles. The molecule has 1 unspecified atom stereocenters. The van der Waals surface area contributed by atoms with Crippen molar-refractivity contribution in [1.29, 1.82) is 0 Å². The van der Waals surface area contributed by atoms with Gasteiger partial charge in [-0.15, -0.1) is 0 Å². The van der Waals surface area contributed by atoms with E-state index in [1.165, 1.54) is 20.8 Å². The highest BCUT2D eigenvalue weighted by molar-refractivity contribution is 4.85. The molecule has 0 aromatic carbocycles. The van der Waals surface area contributed by atoms with Crippen molar-refractivity contribution < 1.29 is 17.9 Å². The number of ether oxygens (including phenoxy) is 1. The monoisotopic (exact) mass is 212 g/mol. The second-order valence-electron chi connectivity index (χ2n) is 5.42. The van der Waals surface area contributed by atoms with E-state index in [9.17, 15) is 13.2 Å². The van der Waals surface area contributed by atoms with Gasteiger partial charge in [-0.1, -0.05) is 20.8 Å². The Morgan fingerprint density at radius 2 is 1.29 bits per heavy atom. The van der Waals surface area contributed by atoms with E-state index in [0.29, 0.717) is 0 Å². The average Bonchev–Trinajstić information content (AvgIpc) is 1.80. The standard InChI is InChI=1S/C10H19F3O/c1-8(2,3)10(12,13)7(11)14-9(4,5)6/h7H,1-6H3. The van der Waals surface area contributed by atoms with Crippen molar-refractivity contribution >= 4 is 0 Å². The Labute approximate surface area is 83.6 Å². The molecule has 0 radical (unpaired) electrons. The predicted octanol–water partition coefficient (Wildman–Crippen LogP) is 3.78. The quantitative estimate of drug-likeness (QED) is 0.676. The van der Waals surface area contributed by atoms with Crippen molar-refractivity contribution in [2.45, 2.75) is 59.4 Å². The normalized spacial score (nSPS) is 16.9. The molecular formula is C10H19F3O. The van der Waals surface area contributed by atoms with Gasteiger partial charge in [0, 0.05) is 5.41 Å². The Kier molecular flexibility index (Phi) is 3.65. The summed E-state index contributed by atoms with van der Waals surface area (Å²) in [5.74, 6) is -3.49. The number of alkyl halides is 3. The summed E-state index contributed by atoms with van der Waals surface area (Å²) in [6.07, 6.45) is -2.57. The zero-order valence-electron chi connectivity index (χ0n) is 9.62. The molecule has 0 aliphatic rings. The van der Waals surface area contributed by atoms with E-state index in [-0.39, 0.29) is 0 Å². The molecule has 0 fully saturated rings. The third-order valence-corrected chi connectivity index (χ3v) is 1.74. The maximum absolute atomic E-state index is 13.4. The van der Waals surface area contributed by atoms with Crippen LogP contribution in [-0.4, -0.2) is 17.9 Å². The van der Waals surface area contributed by atoms with E-state index in [1.807, 2.05) is 0 Å². The summed E-state index contributed by atoms with van der Waals surface area (Å²) in [6.45, 7) is 8.47. The van der Waals surface area contributed by atoms with Gasteiger partial charge in [0.15, 0.2) is 0 Å². The summed E-state index contributed by atoms with van der Waals surface area (Å²) in [4.78, 5) is 0. The highest BCUT2D eigenvalue weighted by atomic mass is 19.3. The molecule has 0 spiro atoms. The van der Waals surface area contributed by atoms with E-state index in [1.54, 1.807) is 20.8 Å². The van der Waals surface area contributed by atoms with Crippen molar-refractivity contribution in [1.82, 2.24) is 0 Å². The van der Waals surface area contributed by atoms with Crippen LogP contribution in [-0.2, 0) is 4.74 Å². The maximum Gasteiger partial charge on any atom is 0.307 e. The molecule has 0 rings (SSSR count). The Hall–Kier alpha value is -0.250. The molecular weight excluding hydrogens is 193 g/mol. The fourth-order valence-electron chi connectivity index (χ4n) is 0.725. The Bertz CT molecular complexity index is 189. The smallest absolute Gasteiger partial charge is 0.307 e. The first-order valence-electron chi connectivity index (χ1n) is 4.57. The fraction of sp³-hybridized carbons (Fsp3) is 1.00. The van der Waals surface area contributed by atoms with Crippen molar-refractivity contribution in [3.8, 4) is 0 Å². The summed E-state index contributed by atoms with van der Waals surface area (Å²) < 4.78 is 44.5. The molecule has 0 aliphatic heterocycles. The first kappa shape index (κ1) is 13.8. The minimum atomic E-state index is -3.49. The van der Waals surface area contributed by atoms with Crippen LogP contribution in [0.4, 0.5) is 13.2 Å². The van der Waals surface area contributed by atoms with E-state index in [0.717, 1.165) is 0 Å². The number of hydrogen-bond acceptors (Lipinski definition) is 1. The average molecular weight is 212 g/mol. The minimum absolute atomic E-state index is 0.909. The molecule has 0 bridgehead atoms. The second-order valence-corrected chi connectivity index (χ2v) is 5.42. The van der Waals surface area contributed by atoms with Crippen LogP contribution in [0, 0.1) is 5.41 Å². The fourth-order valence-corrected chi connectivity index (χ4v) is 0.725. The van der Waals surface area contributed by atoms with E-state index in [2.05, 4.69) is 4.74 Å². The second kappa shape index (κ2) is 3.72. The third-order valence-electron chi connectivity index (χ3n) is 1.74. The summed E-state index contributed by atoms with van der Waals surface area (Å²) >= 11 is 0. The van der Waals surface area contributed by atoms with Crippen molar-refractivity contribution in [2.24, 2.45) is 5.41 Å². The molecule has 0 saturated carbocycles. The van der Waals surface area contributed by atoms with Gasteiger partial charge in [0.1, 0.15) is 0 Å². The van der Waals surface area contributed by atoms with Gasteiger partial charge in [0.2, 0.25) is 0 Å². The van der Waals surface area contributed by atoms with Crippen LogP contribution in [0.1, 0.15) is 41.5 Å². The molecule has 0 aromatic rings. The molecule has 0 aromatic heterocycles. The summed E-state index contributed by atoms with van der Waals surface area (Å²) in [6, 6.07) is 0. The van der Waals surface area contributed by atoms with Crippen LogP contribution in [0.3, 0.4) is 0 Å². The molecule has 0 N–H and O–H groups in total.